The molecule has 0 saturated carbocycles. The zero-order chi connectivity index (χ0) is 10.4. The largest absolute Gasteiger partial charge is 0.476 e. The second-order valence-electron chi connectivity index (χ2n) is 1.77. The summed E-state index contributed by atoms with van der Waals surface area (Å²) in [7, 11) is 1.50. The molecule has 0 amide bonds. The van der Waals surface area contributed by atoms with Crippen LogP contribution in [0.25, 0.3) is 0 Å². The number of hydrogen-bond acceptors (Lipinski definition) is 3. The maximum Gasteiger partial charge on any atom is 0.356 e. The average Bonchev–Trinajstić information content (AvgIpc) is 2.12. The predicted octanol–water partition coefficient (Wildman–Crippen LogP) is 1.66. The lowest BCUT2D eigenvalue weighted by Crippen LogP contribution is -2.00. The minimum Gasteiger partial charge on any atom is -0.476 e. The highest BCUT2D eigenvalue weighted by atomic mass is 35.5. The molecule has 0 unspecified atom stereocenters. The normalized spacial score (nSPS) is 8.62. The number of aromatic nitrogens is 1. The lowest BCUT2D eigenvalue weighted by atomic mass is 10.3. The number of nitrogens with zero attached hydrogens (tertiary/aromatic N) is 1. The zero-order valence-corrected chi connectivity index (χ0v) is 8.30. The fourth-order valence-electron chi connectivity index (χ4n) is 0.568. The molecule has 0 spiro atoms. The van der Waals surface area contributed by atoms with Gasteiger partial charge in [-0.3, -0.25) is 0 Å². The van der Waals surface area contributed by atoms with E-state index in [2.05, 4.69) is 10.7 Å². The molecule has 13 heavy (non-hydrogen) atoms. The first-order valence-corrected chi connectivity index (χ1v) is 4.00. The van der Waals surface area contributed by atoms with Crippen LogP contribution in [0.2, 0.25) is 10.2 Å². The van der Waals surface area contributed by atoms with Gasteiger partial charge in [0.1, 0.15) is 5.15 Å². The highest BCUT2D eigenvalue weighted by molar-refractivity contribution is 6.34. The Balaban J connectivity index is 0.000000671. The minimum atomic E-state index is -1.18. The topological polar surface area (TPSA) is 76.2 Å². The summed E-state index contributed by atoms with van der Waals surface area (Å²) in [6.45, 7) is 0. The lowest BCUT2D eigenvalue weighted by molar-refractivity contribution is 0.0690. The van der Waals surface area contributed by atoms with Crippen LogP contribution in [-0.4, -0.2) is 23.1 Å². The fourth-order valence-corrected chi connectivity index (χ4v) is 0.902. The second kappa shape index (κ2) is 5.75. The maximum atomic E-state index is 10.4. The van der Waals surface area contributed by atoms with Crippen molar-refractivity contribution in [2.75, 3.05) is 7.05 Å². The SMILES string of the molecule is CN.O=C(O)c1nc(Cl)ccc1Cl. The molecule has 1 heterocycles. The summed E-state index contributed by atoms with van der Waals surface area (Å²) in [6, 6.07) is 2.82. The van der Waals surface area contributed by atoms with Crippen LogP contribution in [0.5, 0.6) is 0 Å². The van der Waals surface area contributed by atoms with E-state index in [0.29, 0.717) is 0 Å². The van der Waals surface area contributed by atoms with Crippen molar-refractivity contribution in [3.63, 3.8) is 0 Å². The highest BCUT2D eigenvalue weighted by Crippen LogP contribution is 2.16. The molecule has 1 aromatic heterocycles. The third kappa shape index (κ3) is 3.59. The first kappa shape index (κ1) is 12.2. The number of carboxylic acids is 1. The molecule has 0 aliphatic heterocycles. The number of aromatic carboxylic acids is 1. The molecule has 0 radical (unpaired) electrons. The van der Waals surface area contributed by atoms with Crippen molar-refractivity contribution in [1.29, 1.82) is 0 Å². The molecule has 1 aromatic rings. The molecule has 0 aromatic carbocycles. The van der Waals surface area contributed by atoms with E-state index in [-0.39, 0.29) is 15.9 Å². The van der Waals surface area contributed by atoms with Crippen molar-refractivity contribution in [2.45, 2.75) is 0 Å². The average molecular weight is 223 g/mol. The Morgan fingerprint density at radius 2 is 2.00 bits per heavy atom. The summed E-state index contributed by atoms with van der Waals surface area (Å²) in [5.74, 6) is -1.18. The molecule has 0 aliphatic rings. The molecule has 6 heteroatoms. The van der Waals surface area contributed by atoms with E-state index in [1.54, 1.807) is 0 Å². The number of pyridine rings is 1. The molecule has 72 valence electrons. The smallest absolute Gasteiger partial charge is 0.356 e. The summed E-state index contributed by atoms with van der Waals surface area (Å²) >= 11 is 10.9. The predicted molar refractivity (Wildman–Crippen MR) is 51.3 cm³/mol. The number of halogens is 2. The van der Waals surface area contributed by atoms with Crippen LogP contribution in [0.15, 0.2) is 12.1 Å². The van der Waals surface area contributed by atoms with Crippen LogP contribution in [0.1, 0.15) is 10.5 Å². The summed E-state index contributed by atoms with van der Waals surface area (Å²) in [5, 5.41) is 8.69. The van der Waals surface area contributed by atoms with Gasteiger partial charge in [0.05, 0.1) is 5.02 Å². The van der Waals surface area contributed by atoms with Gasteiger partial charge in [-0.1, -0.05) is 23.2 Å². The monoisotopic (exact) mass is 222 g/mol. The summed E-state index contributed by atoms with van der Waals surface area (Å²) in [5.41, 5.74) is 4.28. The fraction of sp³-hybridized carbons (Fsp3) is 0.143. The van der Waals surface area contributed by atoms with Crippen molar-refractivity contribution in [2.24, 2.45) is 5.73 Å². The van der Waals surface area contributed by atoms with Crippen LogP contribution >= 0.6 is 23.2 Å². The minimum absolute atomic E-state index is 0.0851. The Labute approximate surface area is 85.3 Å². The van der Waals surface area contributed by atoms with Crippen LogP contribution < -0.4 is 5.73 Å². The van der Waals surface area contributed by atoms with Crippen molar-refractivity contribution in [3.8, 4) is 0 Å². The van der Waals surface area contributed by atoms with Gasteiger partial charge in [0, 0.05) is 0 Å². The number of rotatable bonds is 1. The number of nitrogens with two attached hydrogens (primary N) is 1. The molecule has 3 N–H and O–H groups in total. The van der Waals surface area contributed by atoms with Crippen LogP contribution in [0.4, 0.5) is 0 Å². The number of hydrogen-bond donors (Lipinski definition) is 2. The Hall–Kier alpha value is -0.840. The highest BCUT2D eigenvalue weighted by Gasteiger charge is 2.09. The number of carboxylic acid groups (broad SMARTS) is 1. The van der Waals surface area contributed by atoms with Gasteiger partial charge in [-0.25, -0.2) is 9.78 Å². The molecule has 0 bridgehead atoms. The van der Waals surface area contributed by atoms with Crippen molar-refractivity contribution in [1.82, 2.24) is 4.98 Å². The van der Waals surface area contributed by atoms with Gasteiger partial charge in [0.25, 0.3) is 0 Å². The van der Waals surface area contributed by atoms with Gasteiger partial charge in [0.15, 0.2) is 5.69 Å². The Kier molecular flexibility index (Phi) is 5.37. The van der Waals surface area contributed by atoms with Gasteiger partial charge in [-0.2, -0.15) is 0 Å². The first-order chi connectivity index (χ1) is 6.11. The van der Waals surface area contributed by atoms with Gasteiger partial charge < -0.3 is 10.8 Å². The van der Waals surface area contributed by atoms with Crippen molar-refractivity contribution >= 4 is 29.2 Å². The van der Waals surface area contributed by atoms with Gasteiger partial charge in [0.2, 0.25) is 0 Å². The zero-order valence-electron chi connectivity index (χ0n) is 6.79. The van der Waals surface area contributed by atoms with Crippen LogP contribution in [-0.2, 0) is 0 Å². The standard InChI is InChI=1S/C6H3Cl2NO2.CH5N/c7-3-1-2-4(8)9-5(3)6(10)11;1-2/h1-2H,(H,10,11);2H2,1H3. The van der Waals surface area contributed by atoms with Gasteiger partial charge in [-0.05, 0) is 19.2 Å². The van der Waals surface area contributed by atoms with E-state index in [4.69, 9.17) is 28.3 Å². The molecule has 0 saturated heterocycles. The van der Waals surface area contributed by atoms with Gasteiger partial charge >= 0.3 is 5.97 Å². The molecular weight excluding hydrogens is 215 g/mol. The summed E-state index contributed by atoms with van der Waals surface area (Å²) in [6.07, 6.45) is 0. The molecule has 0 fully saturated rings. The molecular formula is C7H8Cl2N2O2. The second-order valence-corrected chi connectivity index (χ2v) is 2.56. The Morgan fingerprint density at radius 1 is 1.46 bits per heavy atom. The lowest BCUT2D eigenvalue weighted by Gasteiger charge is -1.96. The maximum absolute atomic E-state index is 10.4. The Morgan fingerprint density at radius 3 is 2.38 bits per heavy atom. The van der Waals surface area contributed by atoms with Gasteiger partial charge in [-0.15, -0.1) is 0 Å². The van der Waals surface area contributed by atoms with Crippen LogP contribution in [0, 0.1) is 0 Å². The van der Waals surface area contributed by atoms with Crippen molar-refractivity contribution in [3.05, 3.63) is 28.0 Å². The Bertz CT molecular complexity index is 305. The van der Waals surface area contributed by atoms with E-state index < -0.39 is 5.97 Å². The third-order valence-corrected chi connectivity index (χ3v) is 1.53. The summed E-state index contributed by atoms with van der Waals surface area (Å²) in [4.78, 5) is 13.9. The van der Waals surface area contributed by atoms with E-state index in [0.717, 1.165) is 0 Å². The van der Waals surface area contributed by atoms with E-state index in [1.807, 2.05) is 0 Å². The third-order valence-electron chi connectivity index (χ3n) is 1.01. The summed E-state index contributed by atoms with van der Waals surface area (Å²) < 4.78 is 0. The van der Waals surface area contributed by atoms with Crippen molar-refractivity contribution < 1.29 is 9.90 Å². The van der Waals surface area contributed by atoms with E-state index in [9.17, 15) is 4.79 Å². The van der Waals surface area contributed by atoms with Crippen LogP contribution in [0.3, 0.4) is 0 Å². The molecule has 0 atom stereocenters. The van der Waals surface area contributed by atoms with E-state index >= 15 is 0 Å². The molecule has 0 aliphatic carbocycles. The molecule has 1 rings (SSSR count). The quantitative estimate of drug-likeness (QED) is 0.709. The van der Waals surface area contributed by atoms with E-state index in [1.165, 1.54) is 19.2 Å². The molecule has 4 nitrogen and oxygen atoms in total. The number of carbonyl (C=O) groups is 1. The first-order valence-electron chi connectivity index (χ1n) is 3.24.